The molecule has 2 aliphatic rings. The number of nitrogens with zero attached hydrogens (tertiary/aromatic N) is 1. The maximum absolute atomic E-state index is 13.8. The molecule has 3 amide bonds. The van der Waals surface area contributed by atoms with E-state index in [1.165, 1.54) is 24.9 Å². The Kier molecular flexibility index (Phi) is 13.7. The van der Waals surface area contributed by atoms with E-state index in [9.17, 15) is 19.2 Å². The zero-order valence-electron chi connectivity index (χ0n) is 34.2. The smallest absolute Gasteiger partial charge is 0.325 e. The molecule has 0 spiro atoms. The SMILES string of the molecule is COc1ccc(C(OC[C@H]2O[C@@H](N3C=CC(NC(C)=O)NC3=O)C(O[Si](C)(C)C(C)(C)C)[C@H]2OC(=O)CCC(C)=O)(c2ccccc2)c2ccc(OC)cc2)cc1. The van der Waals surface area contributed by atoms with E-state index in [0.29, 0.717) is 11.5 Å². The molecule has 2 unspecified atom stereocenters. The Balaban J connectivity index is 1.64. The van der Waals surface area contributed by atoms with Gasteiger partial charge in [-0.05, 0) is 72.1 Å². The van der Waals surface area contributed by atoms with Crippen molar-refractivity contribution >= 4 is 32.0 Å². The molecule has 0 aromatic heterocycles. The lowest BCUT2D eigenvalue weighted by atomic mass is 9.80. The van der Waals surface area contributed by atoms with Crippen molar-refractivity contribution < 1.29 is 47.3 Å². The van der Waals surface area contributed by atoms with Crippen molar-refractivity contribution in [1.82, 2.24) is 15.5 Å². The Labute approximate surface area is 336 Å². The fourth-order valence-electron chi connectivity index (χ4n) is 6.63. The minimum atomic E-state index is -2.66. The highest BCUT2D eigenvalue weighted by Gasteiger charge is 2.55. The van der Waals surface area contributed by atoms with E-state index in [1.54, 1.807) is 20.3 Å². The summed E-state index contributed by atoms with van der Waals surface area (Å²) in [6.45, 7) is 13.0. The van der Waals surface area contributed by atoms with Crippen LogP contribution in [0.25, 0.3) is 0 Å². The van der Waals surface area contributed by atoms with Crippen LogP contribution in [0.4, 0.5) is 4.79 Å². The Morgan fingerprint density at radius 3 is 1.88 bits per heavy atom. The second-order valence-electron chi connectivity index (χ2n) is 15.8. The van der Waals surface area contributed by atoms with Gasteiger partial charge in [0.15, 0.2) is 20.6 Å². The van der Waals surface area contributed by atoms with Crippen molar-refractivity contribution in [2.45, 2.75) is 102 Å². The van der Waals surface area contributed by atoms with Crippen LogP contribution < -0.4 is 20.1 Å². The number of Topliss-reactive ketones (excluding diaryl/α,β-unsaturated/α-hetero) is 1. The normalized spacial score (nSPS) is 21.1. The number of methoxy groups -OCH3 is 2. The highest BCUT2D eigenvalue weighted by atomic mass is 28.4. The Bertz CT molecular complexity index is 1850. The maximum atomic E-state index is 13.8. The molecule has 3 aromatic rings. The van der Waals surface area contributed by atoms with E-state index >= 15 is 0 Å². The third-order valence-corrected chi connectivity index (χ3v) is 15.2. The summed E-state index contributed by atoms with van der Waals surface area (Å²) in [6, 6.07) is 24.4. The fourth-order valence-corrected chi connectivity index (χ4v) is 7.91. The molecule has 3 aromatic carbocycles. The summed E-state index contributed by atoms with van der Waals surface area (Å²) in [5.41, 5.74) is 1.12. The molecule has 2 aliphatic heterocycles. The van der Waals surface area contributed by atoms with Gasteiger partial charge >= 0.3 is 12.0 Å². The summed E-state index contributed by atoms with van der Waals surface area (Å²) in [4.78, 5) is 52.4. The minimum absolute atomic E-state index is 0.00136. The lowest BCUT2D eigenvalue weighted by Gasteiger charge is -2.42. The molecule has 0 aliphatic carbocycles. The topological polar surface area (TPSA) is 151 Å². The summed E-state index contributed by atoms with van der Waals surface area (Å²) < 4.78 is 38.3. The Morgan fingerprint density at radius 1 is 0.825 bits per heavy atom. The van der Waals surface area contributed by atoms with E-state index in [2.05, 4.69) is 44.5 Å². The van der Waals surface area contributed by atoms with E-state index < -0.39 is 56.6 Å². The molecule has 14 heteroatoms. The van der Waals surface area contributed by atoms with Crippen LogP contribution in [-0.2, 0) is 38.6 Å². The molecule has 0 saturated carbocycles. The molecule has 1 saturated heterocycles. The van der Waals surface area contributed by atoms with Gasteiger partial charge in [0.25, 0.3) is 0 Å². The van der Waals surface area contributed by atoms with Crippen LogP contribution >= 0.6 is 0 Å². The number of nitrogens with one attached hydrogen (secondary N) is 2. The van der Waals surface area contributed by atoms with Gasteiger partial charge in [0.1, 0.15) is 41.3 Å². The lowest BCUT2D eigenvalue weighted by molar-refractivity contribution is -0.159. The number of amides is 3. The quantitative estimate of drug-likeness (QED) is 0.0946. The predicted molar refractivity (Wildman–Crippen MR) is 216 cm³/mol. The minimum Gasteiger partial charge on any atom is -0.497 e. The first kappa shape index (κ1) is 43.1. The molecule has 57 heavy (non-hydrogen) atoms. The van der Waals surface area contributed by atoms with E-state index in [1.807, 2.05) is 78.9 Å². The monoisotopic (exact) mass is 801 g/mol. The van der Waals surface area contributed by atoms with Crippen LogP contribution in [0.15, 0.2) is 91.1 Å². The third-order valence-electron chi connectivity index (χ3n) is 10.7. The van der Waals surface area contributed by atoms with Crippen LogP contribution in [0, 0.1) is 0 Å². The highest BCUT2D eigenvalue weighted by molar-refractivity contribution is 6.74. The summed E-state index contributed by atoms with van der Waals surface area (Å²) in [5, 5.41) is 5.17. The Hall–Kier alpha value is -5.02. The number of hydrogen-bond acceptors (Lipinski definition) is 10. The predicted octanol–water partition coefficient (Wildman–Crippen LogP) is 6.41. The molecule has 0 bridgehead atoms. The molecule has 13 nitrogen and oxygen atoms in total. The number of hydrogen-bond donors (Lipinski definition) is 2. The molecule has 306 valence electrons. The largest absolute Gasteiger partial charge is 0.497 e. The number of ether oxygens (including phenoxy) is 5. The van der Waals surface area contributed by atoms with Gasteiger partial charge in [-0.25, -0.2) is 4.79 Å². The van der Waals surface area contributed by atoms with Crippen molar-refractivity contribution in [3.8, 4) is 11.5 Å². The average molecular weight is 802 g/mol. The molecular weight excluding hydrogens is 747 g/mol. The number of rotatable bonds is 16. The molecule has 2 N–H and O–H groups in total. The molecular formula is C43H55N3O10Si. The number of esters is 1. The molecule has 2 heterocycles. The van der Waals surface area contributed by atoms with Crippen molar-refractivity contribution in [2.24, 2.45) is 0 Å². The summed E-state index contributed by atoms with van der Waals surface area (Å²) in [6.07, 6.45) is -1.83. The number of urea groups is 1. The van der Waals surface area contributed by atoms with Gasteiger partial charge in [-0.1, -0.05) is 75.4 Å². The summed E-state index contributed by atoms with van der Waals surface area (Å²) >= 11 is 0. The first-order chi connectivity index (χ1) is 27.0. The van der Waals surface area contributed by atoms with Gasteiger partial charge in [-0.2, -0.15) is 0 Å². The second kappa shape index (κ2) is 18.1. The standard InChI is InChI=1S/C43H55N3O10Si/c1-28(47)15-24-37(49)55-38-35(54-40(39(38)56-57(8,9)42(3,4)5)46-26-25-36(44-29(2)48)45-41(46)50)27-53-43(30-13-11-10-12-14-30,31-16-20-33(51-6)21-17-31)32-18-22-34(52-7)23-19-32/h10-14,16-23,25-26,35-36,38-40H,15,24,27H2,1-9H3,(H,44,48)(H,45,50)/t35-,36?,38+,39?,40-/m1/s1. The summed E-state index contributed by atoms with van der Waals surface area (Å²) in [5.74, 6) is 0.234. The van der Waals surface area contributed by atoms with E-state index in [4.69, 9.17) is 28.1 Å². The number of carbonyl (C=O) groups is 4. The van der Waals surface area contributed by atoms with Crippen LogP contribution in [0.1, 0.15) is 64.2 Å². The van der Waals surface area contributed by atoms with Gasteiger partial charge in [-0.3, -0.25) is 14.5 Å². The van der Waals surface area contributed by atoms with Crippen molar-refractivity contribution in [2.75, 3.05) is 20.8 Å². The van der Waals surface area contributed by atoms with Gasteiger partial charge in [-0.15, -0.1) is 0 Å². The third kappa shape index (κ3) is 9.93. The van der Waals surface area contributed by atoms with Crippen molar-refractivity contribution in [3.05, 3.63) is 108 Å². The van der Waals surface area contributed by atoms with Crippen LogP contribution in [0.3, 0.4) is 0 Å². The highest BCUT2D eigenvalue weighted by Crippen LogP contribution is 2.44. The number of benzene rings is 3. The van der Waals surface area contributed by atoms with Gasteiger partial charge < -0.3 is 43.5 Å². The number of carbonyl (C=O) groups excluding carboxylic acids is 4. The first-order valence-electron chi connectivity index (χ1n) is 19.0. The van der Waals surface area contributed by atoms with Crippen LogP contribution in [0.5, 0.6) is 11.5 Å². The van der Waals surface area contributed by atoms with Crippen LogP contribution in [0.2, 0.25) is 18.1 Å². The van der Waals surface area contributed by atoms with Gasteiger partial charge in [0, 0.05) is 19.5 Å². The Morgan fingerprint density at radius 2 is 1.39 bits per heavy atom. The summed E-state index contributed by atoms with van der Waals surface area (Å²) in [7, 11) is 0.548. The van der Waals surface area contributed by atoms with E-state index in [-0.39, 0.29) is 36.2 Å². The van der Waals surface area contributed by atoms with Crippen LogP contribution in [-0.4, -0.2) is 88.4 Å². The molecule has 0 radical (unpaired) electrons. The second-order valence-corrected chi connectivity index (χ2v) is 20.5. The van der Waals surface area contributed by atoms with Gasteiger partial charge in [0.2, 0.25) is 5.91 Å². The van der Waals surface area contributed by atoms with Crippen molar-refractivity contribution in [3.63, 3.8) is 0 Å². The molecule has 1 fully saturated rings. The van der Waals surface area contributed by atoms with Gasteiger partial charge in [0.05, 0.1) is 27.2 Å². The zero-order chi connectivity index (χ0) is 41.5. The zero-order valence-corrected chi connectivity index (χ0v) is 35.2. The number of ketones is 1. The van der Waals surface area contributed by atoms with Crippen molar-refractivity contribution in [1.29, 1.82) is 0 Å². The lowest BCUT2D eigenvalue weighted by Crippen LogP contribution is -2.59. The average Bonchev–Trinajstić information content (AvgIpc) is 3.49. The maximum Gasteiger partial charge on any atom is 0.325 e. The fraction of sp³-hybridized carbons (Fsp3) is 0.442. The molecule has 5 atom stereocenters. The first-order valence-corrected chi connectivity index (χ1v) is 21.9. The van der Waals surface area contributed by atoms with E-state index in [0.717, 1.165) is 16.7 Å². The molecule has 5 rings (SSSR count).